The molecule has 1 atom stereocenters. The van der Waals surface area contributed by atoms with E-state index in [0.29, 0.717) is 47.9 Å². The summed E-state index contributed by atoms with van der Waals surface area (Å²) in [5.74, 6) is 3.68. The highest BCUT2D eigenvalue weighted by Gasteiger charge is 2.31. The van der Waals surface area contributed by atoms with Gasteiger partial charge < -0.3 is 19.3 Å². The minimum absolute atomic E-state index is 0.167. The summed E-state index contributed by atoms with van der Waals surface area (Å²) in [5, 5.41) is 6.19. The first kappa shape index (κ1) is 25.6. The number of rotatable bonds is 7. The molecule has 2 aliphatic carbocycles. The lowest BCUT2D eigenvalue weighted by molar-refractivity contribution is 0.266. The molecule has 38 heavy (non-hydrogen) atoms. The quantitative estimate of drug-likeness (QED) is 0.339. The summed E-state index contributed by atoms with van der Waals surface area (Å²) < 4.78 is 27.5. The Hall–Kier alpha value is -2.64. The molecular weight excluding hydrogens is 508 g/mol. The summed E-state index contributed by atoms with van der Waals surface area (Å²) >= 11 is 0. The first-order valence-corrected chi connectivity index (χ1v) is 15.7. The molecule has 0 aromatic carbocycles. The Morgan fingerprint density at radius 1 is 1.08 bits per heavy atom. The third kappa shape index (κ3) is 5.15. The molecule has 13 heteroatoms. The van der Waals surface area contributed by atoms with Crippen LogP contribution in [0, 0.1) is 17.8 Å². The van der Waals surface area contributed by atoms with Crippen LogP contribution in [-0.4, -0.2) is 69.4 Å². The summed E-state index contributed by atoms with van der Waals surface area (Å²) in [7, 11) is -2.54. The Labute approximate surface area is 223 Å². The van der Waals surface area contributed by atoms with E-state index in [4.69, 9.17) is 19.5 Å². The highest BCUT2D eigenvalue weighted by Crippen LogP contribution is 2.42. The number of aromatic nitrogens is 6. The Morgan fingerprint density at radius 3 is 2.45 bits per heavy atom. The van der Waals surface area contributed by atoms with Gasteiger partial charge in [0.15, 0.2) is 11.5 Å². The summed E-state index contributed by atoms with van der Waals surface area (Å²) in [4.78, 5) is 32.2. The van der Waals surface area contributed by atoms with Gasteiger partial charge in [-0.3, -0.25) is 9.11 Å². The number of nitrogens with one attached hydrogen (secondary N) is 2. The van der Waals surface area contributed by atoms with Crippen molar-refractivity contribution in [1.29, 1.82) is 0 Å². The number of aromatic amines is 1. The number of hydrogen-bond acceptors (Lipinski definition) is 10. The van der Waals surface area contributed by atoms with Gasteiger partial charge in [-0.15, -0.1) is 4.98 Å². The van der Waals surface area contributed by atoms with Gasteiger partial charge >= 0.3 is 5.76 Å². The maximum Gasteiger partial charge on any atom is 0.460 e. The Kier molecular flexibility index (Phi) is 6.85. The highest BCUT2D eigenvalue weighted by molar-refractivity contribution is 8.24. The van der Waals surface area contributed by atoms with Crippen LogP contribution in [0.15, 0.2) is 9.32 Å². The molecule has 0 radical (unpaired) electrons. The number of imidazole rings is 1. The molecule has 1 saturated heterocycles. The zero-order valence-electron chi connectivity index (χ0n) is 22.1. The van der Waals surface area contributed by atoms with Crippen LogP contribution in [0.1, 0.15) is 58.8 Å². The van der Waals surface area contributed by atoms with Crippen LogP contribution < -0.4 is 16.0 Å². The maximum absolute atomic E-state index is 11.6. The van der Waals surface area contributed by atoms with Crippen LogP contribution in [0.5, 0.6) is 0 Å². The van der Waals surface area contributed by atoms with Gasteiger partial charge in [-0.2, -0.15) is 20.7 Å². The van der Waals surface area contributed by atoms with Crippen molar-refractivity contribution in [2.24, 2.45) is 17.8 Å². The van der Waals surface area contributed by atoms with Crippen LogP contribution in [0.2, 0.25) is 0 Å². The minimum Gasteiger partial charge on any atom is -0.365 e. The molecule has 3 aromatic heterocycles. The van der Waals surface area contributed by atoms with Gasteiger partial charge in [0.1, 0.15) is 5.52 Å². The second-order valence-corrected chi connectivity index (χ2v) is 13.9. The third-order valence-electron chi connectivity index (χ3n) is 8.69. The van der Waals surface area contributed by atoms with Crippen molar-refractivity contribution in [3.8, 4) is 11.6 Å². The van der Waals surface area contributed by atoms with E-state index in [-0.39, 0.29) is 17.7 Å². The lowest BCUT2D eigenvalue weighted by atomic mass is 9.80. The summed E-state index contributed by atoms with van der Waals surface area (Å²) in [6, 6.07) is 0.219. The minimum atomic E-state index is -2.54. The Bertz CT molecular complexity index is 1330. The fourth-order valence-corrected chi connectivity index (χ4v) is 7.17. The van der Waals surface area contributed by atoms with Gasteiger partial charge in [-0.25, -0.2) is 14.8 Å². The predicted octanol–water partition coefficient (Wildman–Crippen LogP) is 4.17. The lowest BCUT2D eigenvalue weighted by Crippen LogP contribution is -2.40. The van der Waals surface area contributed by atoms with E-state index in [9.17, 15) is 13.9 Å². The molecule has 12 nitrogen and oxygen atoms in total. The van der Waals surface area contributed by atoms with Crippen molar-refractivity contribution < 1.29 is 13.6 Å². The fraction of sp³-hybridized carbons (Fsp3) is 0.720. The molecule has 0 bridgehead atoms. The standard InChI is InChI=1S/C25H38N8O4S/c1-15-6-8-17(9-7-15)14-33-19-20(26-16(2)18-4-3-5-18)27-22(23-30-25(34)37-31-23)28-21(19)29-24(33)32-10-12-38(35,36)13-11-32/h15-18,35-36H,3-14H2,1-2H3,(H,26,27,28)(H,30,31,34)/t15?,16-,17?/m1/s1. The van der Waals surface area contributed by atoms with Crippen molar-refractivity contribution in [2.75, 3.05) is 34.8 Å². The molecule has 6 rings (SSSR count). The van der Waals surface area contributed by atoms with Gasteiger partial charge in [0, 0.05) is 25.7 Å². The van der Waals surface area contributed by atoms with Crippen molar-refractivity contribution in [2.45, 2.75) is 71.4 Å². The normalized spacial score (nSPS) is 25.7. The van der Waals surface area contributed by atoms with E-state index in [1.807, 2.05) is 0 Å². The zero-order valence-corrected chi connectivity index (χ0v) is 22.9. The lowest BCUT2D eigenvalue weighted by Gasteiger charge is -2.41. The molecule has 208 valence electrons. The first-order valence-electron chi connectivity index (χ1n) is 13.8. The van der Waals surface area contributed by atoms with Gasteiger partial charge in [0.05, 0.1) is 11.5 Å². The van der Waals surface area contributed by atoms with E-state index in [1.165, 1.54) is 44.9 Å². The maximum atomic E-state index is 11.6. The van der Waals surface area contributed by atoms with E-state index in [0.717, 1.165) is 23.9 Å². The summed E-state index contributed by atoms with van der Waals surface area (Å²) in [5.41, 5.74) is 1.37. The topological polar surface area (TPSA) is 158 Å². The van der Waals surface area contributed by atoms with Crippen LogP contribution in [0.4, 0.5) is 11.8 Å². The monoisotopic (exact) mass is 546 g/mol. The van der Waals surface area contributed by atoms with Crippen LogP contribution in [-0.2, 0) is 6.54 Å². The second-order valence-electron chi connectivity index (χ2n) is 11.5. The molecule has 0 unspecified atom stereocenters. The van der Waals surface area contributed by atoms with Crippen LogP contribution >= 0.6 is 10.6 Å². The second kappa shape index (κ2) is 10.2. The Balaban J connectivity index is 1.45. The van der Waals surface area contributed by atoms with Crippen LogP contribution in [0.3, 0.4) is 0 Å². The molecule has 1 aliphatic heterocycles. The molecule has 2 saturated carbocycles. The molecule has 3 aliphatic rings. The number of anilines is 2. The third-order valence-corrected chi connectivity index (χ3v) is 10.4. The fourth-order valence-electron chi connectivity index (χ4n) is 5.94. The SMILES string of the molecule is CC1CCC(Cn2c(N3CCS(O)(O)CC3)nc3nc(-c4nc(=O)o[nH]4)nc(N[C@H](C)C4CCC4)c32)CC1. The zero-order chi connectivity index (χ0) is 26.4. The van der Waals surface area contributed by atoms with Crippen molar-refractivity contribution in [3.63, 3.8) is 0 Å². The van der Waals surface area contributed by atoms with Gasteiger partial charge in [-0.1, -0.05) is 26.2 Å². The highest BCUT2D eigenvalue weighted by atomic mass is 32.3. The molecular formula is C25H38N8O4S. The van der Waals surface area contributed by atoms with E-state index < -0.39 is 16.3 Å². The van der Waals surface area contributed by atoms with Crippen molar-refractivity contribution in [1.82, 2.24) is 29.7 Å². The summed E-state index contributed by atoms with van der Waals surface area (Å²) in [6.45, 7) is 6.36. The molecule has 4 N–H and O–H groups in total. The van der Waals surface area contributed by atoms with Crippen LogP contribution in [0.25, 0.3) is 22.8 Å². The number of fused-ring (bicyclic) bond motifs is 1. The molecule has 0 amide bonds. The average Bonchev–Trinajstić information content (AvgIpc) is 3.43. The van der Waals surface area contributed by atoms with E-state index in [2.05, 4.69) is 38.8 Å². The van der Waals surface area contributed by atoms with E-state index in [1.54, 1.807) is 0 Å². The number of nitrogens with zero attached hydrogens (tertiary/aromatic N) is 6. The van der Waals surface area contributed by atoms with Gasteiger partial charge in [0.25, 0.3) is 0 Å². The first-order chi connectivity index (χ1) is 18.3. The van der Waals surface area contributed by atoms with Crippen molar-refractivity contribution in [3.05, 3.63) is 10.6 Å². The molecule has 3 aromatic rings. The smallest absolute Gasteiger partial charge is 0.365 e. The van der Waals surface area contributed by atoms with Crippen molar-refractivity contribution >= 4 is 33.5 Å². The average molecular weight is 547 g/mol. The predicted molar refractivity (Wildman–Crippen MR) is 148 cm³/mol. The van der Waals surface area contributed by atoms with E-state index >= 15 is 0 Å². The van der Waals surface area contributed by atoms with Gasteiger partial charge in [-0.05, 0) is 50.4 Å². The Morgan fingerprint density at radius 2 is 1.82 bits per heavy atom. The largest absolute Gasteiger partial charge is 0.460 e. The molecule has 3 fully saturated rings. The molecule has 4 heterocycles. The molecule has 0 spiro atoms. The number of hydrogen-bond donors (Lipinski definition) is 4. The number of H-pyrrole nitrogens is 1. The van der Waals surface area contributed by atoms with Gasteiger partial charge in [0.2, 0.25) is 17.6 Å². The summed E-state index contributed by atoms with van der Waals surface area (Å²) in [6.07, 6.45) is 8.41.